The van der Waals surface area contributed by atoms with Crippen LogP contribution in [0, 0.1) is 0 Å². The van der Waals surface area contributed by atoms with Crippen molar-refractivity contribution in [2.45, 2.75) is 0 Å². The number of aromatic nitrogens is 1. The summed E-state index contributed by atoms with van der Waals surface area (Å²) in [5.41, 5.74) is 0. The van der Waals surface area contributed by atoms with Gasteiger partial charge in [-0.15, -0.1) is 0 Å². The maximum absolute atomic E-state index is 10.9. The van der Waals surface area contributed by atoms with E-state index < -0.39 is 0 Å². The molecule has 1 aromatic rings. The van der Waals surface area contributed by atoms with E-state index in [0.717, 1.165) is 4.47 Å². The Morgan fingerprint density at radius 2 is 2.33 bits per heavy atom. The number of rotatable bonds is 2. The minimum Gasteiger partial charge on any atom is -0.310 e. The number of halogens is 2. The Balaban J connectivity index is 2.64. The molecule has 12 heavy (non-hydrogen) atoms. The number of carbonyl (C=O) groups is 1. The number of hydrogen-bond acceptors (Lipinski definition) is 2. The van der Waals surface area contributed by atoms with Crippen LogP contribution in [0.2, 0.25) is 0 Å². The van der Waals surface area contributed by atoms with Crippen LogP contribution >= 0.6 is 31.9 Å². The van der Waals surface area contributed by atoms with Gasteiger partial charge in [0.25, 0.3) is 0 Å². The highest BCUT2D eigenvalue weighted by atomic mass is 79.9. The first-order valence-electron chi connectivity index (χ1n) is 3.20. The van der Waals surface area contributed by atoms with Gasteiger partial charge >= 0.3 is 0 Å². The lowest BCUT2D eigenvalue weighted by atomic mass is 10.4. The summed E-state index contributed by atoms with van der Waals surface area (Å²) < 4.78 is 0.888. The molecule has 1 amide bonds. The molecule has 1 N–H and O–H groups in total. The molecule has 5 heteroatoms. The van der Waals surface area contributed by atoms with Crippen LogP contribution in [0.15, 0.2) is 22.8 Å². The lowest BCUT2D eigenvalue weighted by Gasteiger charge is -2.00. The van der Waals surface area contributed by atoms with Crippen LogP contribution in [0.25, 0.3) is 0 Å². The molecular formula is C7H6Br2N2O. The van der Waals surface area contributed by atoms with E-state index in [4.69, 9.17) is 0 Å². The van der Waals surface area contributed by atoms with Crippen molar-refractivity contribution in [3.05, 3.63) is 22.8 Å². The Labute approximate surface area is 86.8 Å². The van der Waals surface area contributed by atoms with E-state index in [1.165, 1.54) is 0 Å². The van der Waals surface area contributed by atoms with Gasteiger partial charge in [0.2, 0.25) is 5.91 Å². The normalized spacial score (nSPS) is 9.50. The molecule has 1 aromatic heterocycles. The molecule has 0 fully saturated rings. The van der Waals surface area contributed by atoms with Crippen LogP contribution in [0.5, 0.6) is 0 Å². The van der Waals surface area contributed by atoms with E-state index >= 15 is 0 Å². The Hall–Kier alpha value is -0.420. The van der Waals surface area contributed by atoms with Gasteiger partial charge in [0.1, 0.15) is 5.82 Å². The highest BCUT2D eigenvalue weighted by molar-refractivity contribution is 9.10. The smallest absolute Gasteiger partial charge is 0.236 e. The summed E-state index contributed by atoms with van der Waals surface area (Å²) in [7, 11) is 0. The average molecular weight is 294 g/mol. The molecule has 0 aliphatic heterocycles. The van der Waals surface area contributed by atoms with Gasteiger partial charge in [0, 0.05) is 10.7 Å². The second kappa shape index (κ2) is 4.57. The van der Waals surface area contributed by atoms with Crippen molar-refractivity contribution in [1.29, 1.82) is 0 Å². The van der Waals surface area contributed by atoms with Crippen molar-refractivity contribution in [2.75, 3.05) is 10.6 Å². The number of nitrogens with one attached hydrogen (secondary N) is 1. The third-order valence-electron chi connectivity index (χ3n) is 1.12. The third kappa shape index (κ3) is 2.91. The van der Waals surface area contributed by atoms with E-state index in [2.05, 4.69) is 42.2 Å². The largest absolute Gasteiger partial charge is 0.310 e. The lowest BCUT2D eigenvalue weighted by Crippen LogP contribution is -2.13. The number of alkyl halides is 1. The van der Waals surface area contributed by atoms with E-state index in [9.17, 15) is 4.79 Å². The summed E-state index contributed by atoms with van der Waals surface area (Å²) in [5, 5.41) is 2.88. The fraction of sp³-hybridized carbons (Fsp3) is 0.143. The van der Waals surface area contributed by atoms with E-state index in [0.29, 0.717) is 5.82 Å². The Kier molecular flexibility index (Phi) is 3.68. The molecule has 0 atom stereocenters. The predicted octanol–water partition coefficient (Wildman–Crippen LogP) is 2.18. The van der Waals surface area contributed by atoms with Crippen LogP contribution in [-0.4, -0.2) is 16.2 Å². The topological polar surface area (TPSA) is 42.0 Å². The molecule has 0 aliphatic rings. The molecule has 0 aromatic carbocycles. The molecular weight excluding hydrogens is 288 g/mol. The monoisotopic (exact) mass is 292 g/mol. The first kappa shape index (κ1) is 9.67. The number of hydrogen-bond donors (Lipinski definition) is 1. The zero-order valence-electron chi connectivity index (χ0n) is 6.05. The molecule has 0 radical (unpaired) electrons. The van der Waals surface area contributed by atoms with Crippen molar-refractivity contribution in [3.63, 3.8) is 0 Å². The second-order valence-corrected chi connectivity index (χ2v) is 3.52. The average Bonchev–Trinajstić information content (AvgIpc) is 2.09. The summed E-state index contributed by atoms with van der Waals surface area (Å²) in [6.45, 7) is 0. The van der Waals surface area contributed by atoms with E-state index in [-0.39, 0.29) is 11.2 Å². The molecule has 0 saturated heterocycles. The predicted molar refractivity (Wildman–Crippen MR) is 54.4 cm³/mol. The molecule has 0 bridgehead atoms. The van der Waals surface area contributed by atoms with Gasteiger partial charge in [-0.1, -0.05) is 15.9 Å². The lowest BCUT2D eigenvalue weighted by molar-refractivity contribution is -0.113. The van der Waals surface area contributed by atoms with Gasteiger partial charge < -0.3 is 5.32 Å². The number of pyridine rings is 1. The zero-order chi connectivity index (χ0) is 8.97. The Bertz CT molecular complexity index is 273. The van der Waals surface area contributed by atoms with Crippen molar-refractivity contribution in [1.82, 2.24) is 4.98 Å². The van der Waals surface area contributed by atoms with Gasteiger partial charge in [0.15, 0.2) is 0 Å². The number of carbonyl (C=O) groups excluding carboxylic acids is 1. The van der Waals surface area contributed by atoms with Crippen molar-refractivity contribution in [3.8, 4) is 0 Å². The number of nitrogens with zero attached hydrogens (tertiary/aromatic N) is 1. The first-order chi connectivity index (χ1) is 5.72. The summed E-state index contributed by atoms with van der Waals surface area (Å²) in [6.07, 6.45) is 1.63. The molecule has 1 rings (SSSR count). The van der Waals surface area contributed by atoms with Crippen LogP contribution in [-0.2, 0) is 4.79 Å². The number of amides is 1. The van der Waals surface area contributed by atoms with Crippen LogP contribution < -0.4 is 5.32 Å². The maximum Gasteiger partial charge on any atom is 0.236 e. The van der Waals surface area contributed by atoms with E-state index in [1.807, 2.05) is 6.07 Å². The molecule has 64 valence electrons. The molecule has 0 spiro atoms. The summed E-state index contributed by atoms with van der Waals surface area (Å²) in [5.74, 6) is 0.451. The molecule has 3 nitrogen and oxygen atoms in total. The molecule has 0 saturated carbocycles. The molecule has 0 unspecified atom stereocenters. The third-order valence-corrected chi connectivity index (χ3v) is 2.09. The minimum absolute atomic E-state index is 0.107. The highest BCUT2D eigenvalue weighted by Crippen LogP contribution is 2.10. The van der Waals surface area contributed by atoms with Crippen LogP contribution in [0.4, 0.5) is 5.82 Å². The van der Waals surface area contributed by atoms with Crippen LogP contribution in [0.3, 0.4) is 0 Å². The SMILES string of the molecule is O=C(CBr)Nc1ccc(Br)cn1. The highest BCUT2D eigenvalue weighted by Gasteiger charge is 1.99. The molecule has 0 aliphatic carbocycles. The summed E-state index contributed by atoms with van der Waals surface area (Å²) >= 11 is 6.28. The van der Waals surface area contributed by atoms with Crippen molar-refractivity contribution >= 4 is 43.6 Å². The fourth-order valence-corrected chi connectivity index (χ4v) is 1.00. The summed E-state index contributed by atoms with van der Waals surface area (Å²) in [6, 6.07) is 3.54. The standard InChI is InChI=1S/C7H6Br2N2O/c8-3-7(12)11-6-2-1-5(9)4-10-6/h1-2,4H,3H2,(H,10,11,12). The Morgan fingerprint density at radius 1 is 1.58 bits per heavy atom. The van der Waals surface area contributed by atoms with E-state index in [1.54, 1.807) is 12.3 Å². The van der Waals surface area contributed by atoms with Crippen molar-refractivity contribution in [2.24, 2.45) is 0 Å². The first-order valence-corrected chi connectivity index (χ1v) is 5.11. The van der Waals surface area contributed by atoms with Gasteiger partial charge in [0.05, 0.1) is 5.33 Å². The second-order valence-electron chi connectivity index (χ2n) is 2.04. The maximum atomic E-state index is 10.9. The van der Waals surface area contributed by atoms with Gasteiger partial charge in [-0.2, -0.15) is 0 Å². The quantitative estimate of drug-likeness (QED) is 0.849. The van der Waals surface area contributed by atoms with Crippen LogP contribution in [0.1, 0.15) is 0 Å². The fourth-order valence-electron chi connectivity index (χ4n) is 0.626. The number of anilines is 1. The van der Waals surface area contributed by atoms with Gasteiger partial charge in [-0.3, -0.25) is 4.79 Å². The summed E-state index contributed by atoms with van der Waals surface area (Å²) in [4.78, 5) is 14.8. The van der Waals surface area contributed by atoms with Gasteiger partial charge in [-0.05, 0) is 28.1 Å². The Morgan fingerprint density at radius 3 is 2.83 bits per heavy atom. The minimum atomic E-state index is -0.107. The zero-order valence-corrected chi connectivity index (χ0v) is 9.22. The molecule has 1 heterocycles. The van der Waals surface area contributed by atoms with Crippen molar-refractivity contribution < 1.29 is 4.79 Å². The van der Waals surface area contributed by atoms with Gasteiger partial charge in [-0.25, -0.2) is 4.98 Å².